The summed E-state index contributed by atoms with van der Waals surface area (Å²) in [4.78, 5) is 5.56. The van der Waals surface area contributed by atoms with Gasteiger partial charge in [0.25, 0.3) is 0 Å². The van der Waals surface area contributed by atoms with E-state index in [1.807, 2.05) is 0 Å². The molecule has 1 aliphatic carbocycles. The molecule has 0 amide bonds. The van der Waals surface area contributed by atoms with Crippen molar-refractivity contribution >= 4 is 24.8 Å². The fraction of sp³-hybridized carbons (Fsp3) is 0.600. The lowest BCUT2D eigenvalue weighted by atomic mass is 9.72. The Bertz CT molecular complexity index is 900. The number of piperidine rings is 2. The van der Waals surface area contributed by atoms with E-state index < -0.39 is 0 Å². The summed E-state index contributed by atoms with van der Waals surface area (Å²) in [6.45, 7) is 6.27. The van der Waals surface area contributed by atoms with Crippen molar-refractivity contribution in [3.8, 4) is 5.75 Å². The molecule has 3 nitrogen and oxygen atoms in total. The molecule has 2 aromatic carbocycles. The minimum absolute atomic E-state index is 0. The van der Waals surface area contributed by atoms with Crippen LogP contribution < -0.4 is 4.74 Å². The summed E-state index contributed by atoms with van der Waals surface area (Å²) in [6.07, 6.45) is 13.5. The zero-order valence-electron chi connectivity index (χ0n) is 21.4. The molecule has 5 rings (SSSR count). The van der Waals surface area contributed by atoms with Crippen LogP contribution in [-0.4, -0.2) is 48.6 Å². The van der Waals surface area contributed by atoms with Crippen molar-refractivity contribution in [2.75, 3.05) is 33.3 Å². The molecule has 2 fully saturated rings. The van der Waals surface area contributed by atoms with Gasteiger partial charge in [-0.05, 0) is 119 Å². The van der Waals surface area contributed by atoms with Crippen LogP contribution in [0.15, 0.2) is 48.5 Å². The third-order valence-electron chi connectivity index (χ3n) is 8.78. The lowest BCUT2D eigenvalue weighted by molar-refractivity contribution is 0.0306. The topological polar surface area (TPSA) is 15.7 Å². The third-order valence-corrected chi connectivity index (χ3v) is 8.78. The number of halogens is 2. The van der Waals surface area contributed by atoms with Crippen LogP contribution in [0.4, 0.5) is 0 Å². The average Bonchev–Trinajstić information content (AvgIpc) is 2.87. The van der Waals surface area contributed by atoms with Crippen LogP contribution in [-0.2, 0) is 19.4 Å². The maximum Gasteiger partial charge on any atom is 0.119 e. The minimum atomic E-state index is 0. The van der Waals surface area contributed by atoms with E-state index in [4.69, 9.17) is 4.74 Å². The first-order valence-electron chi connectivity index (χ1n) is 13.4. The molecular formula is C30H44Cl2N2O. The third kappa shape index (κ3) is 6.95. The fourth-order valence-corrected chi connectivity index (χ4v) is 6.77. The molecule has 3 aliphatic rings. The molecule has 1 spiro atoms. The molecule has 2 aliphatic heterocycles. The number of nitrogens with zero attached hydrogens (tertiary/aromatic N) is 2. The van der Waals surface area contributed by atoms with Crippen LogP contribution in [0.3, 0.4) is 0 Å². The Hall–Kier alpha value is -1.26. The van der Waals surface area contributed by atoms with Crippen molar-refractivity contribution < 1.29 is 4.74 Å². The van der Waals surface area contributed by atoms with Gasteiger partial charge in [-0.25, -0.2) is 0 Å². The number of fused-ring (bicyclic) bond motifs is 1. The van der Waals surface area contributed by atoms with Gasteiger partial charge in [0.1, 0.15) is 5.75 Å². The zero-order valence-corrected chi connectivity index (χ0v) is 23.1. The van der Waals surface area contributed by atoms with Crippen LogP contribution in [0, 0.1) is 5.92 Å². The predicted octanol–water partition coefficient (Wildman–Crippen LogP) is 6.94. The number of benzene rings is 2. The molecular weight excluding hydrogens is 475 g/mol. The molecule has 0 bridgehead atoms. The maximum absolute atomic E-state index is 5.47. The summed E-state index contributed by atoms with van der Waals surface area (Å²) in [7, 11) is 1.78. The van der Waals surface area contributed by atoms with E-state index in [1.165, 1.54) is 102 Å². The van der Waals surface area contributed by atoms with E-state index in [2.05, 4.69) is 58.3 Å². The van der Waals surface area contributed by atoms with Gasteiger partial charge >= 0.3 is 0 Å². The summed E-state index contributed by atoms with van der Waals surface area (Å²) in [5, 5.41) is 0. The monoisotopic (exact) mass is 518 g/mol. The highest BCUT2D eigenvalue weighted by molar-refractivity contribution is 5.85. The van der Waals surface area contributed by atoms with E-state index in [1.54, 1.807) is 12.7 Å². The van der Waals surface area contributed by atoms with Crippen LogP contribution in [0.25, 0.3) is 0 Å². The van der Waals surface area contributed by atoms with Gasteiger partial charge in [0.15, 0.2) is 0 Å². The molecule has 1 atom stereocenters. The molecule has 0 radical (unpaired) electrons. The van der Waals surface area contributed by atoms with E-state index >= 15 is 0 Å². The quantitative estimate of drug-likeness (QED) is 0.394. The summed E-state index contributed by atoms with van der Waals surface area (Å²) in [5.41, 5.74) is 4.96. The van der Waals surface area contributed by atoms with E-state index in [9.17, 15) is 0 Å². The van der Waals surface area contributed by atoms with Gasteiger partial charge in [-0.1, -0.05) is 42.8 Å². The lowest BCUT2D eigenvalue weighted by Crippen LogP contribution is -2.55. The Morgan fingerprint density at radius 1 is 0.914 bits per heavy atom. The summed E-state index contributed by atoms with van der Waals surface area (Å²) in [6, 6.07) is 17.8. The Morgan fingerprint density at radius 2 is 1.71 bits per heavy atom. The predicted molar refractivity (Wildman–Crippen MR) is 151 cm³/mol. The Labute approximate surface area is 225 Å². The van der Waals surface area contributed by atoms with Gasteiger partial charge in [-0.15, -0.1) is 24.8 Å². The maximum atomic E-state index is 5.47. The van der Waals surface area contributed by atoms with Crippen LogP contribution in [0.2, 0.25) is 0 Å². The zero-order chi connectivity index (χ0) is 22.5. The normalized spacial score (nSPS) is 23.2. The summed E-state index contributed by atoms with van der Waals surface area (Å²) in [5.74, 6) is 1.94. The van der Waals surface area contributed by atoms with Crippen LogP contribution >= 0.6 is 24.8 Å². The second-order valence-corrected chi connectivity index (χ2v) is 10.8. The number of rotatable bonds is 7. The van der Waals surface area contributed by atoms with Crippen molar-refractivity contribution in [3.05, 3.63) is 65.2 Å². The van der Waals surface area contributed by atoms with Crippen molar-refractivity contribution in [1.29, 1.82) is 0 Å². The summed E-state index contributed by atoms with van der Waals surface area (Å²) < 4.78 is 5.47. The highest BCUT2D eigenvalue weighted by Gasteiger charge is 2.41. The van der Waals surface area contributed by atoms with Gasteiger partial charge in [0.2, 0.25) is 0 Å². The van der Waals surface area contributed by atoms with Gasteiger partial charge in [-0.2, -0.15) is 0 Å². The number of likely N-dealkylation sites (tertiary alicyclic amines) is 2. The van der Waals surface area contributed by atoms with Crippen molar-refractivity contribution in [2.45, 2.75) is 76.3 Å². The molecule has 0 aromatic heterocycles. The van der Waals surface area contributed by atoms with Gasteiger partial charge in [-0.3, -0.25) is 9.80 Å². The van der Waals surface area contributed by atoms with Crippen molar-refractivity contribution in [3.63, 3.8) is 0 Å². The molecule has 194 valence electrons. The Balaban J connectivity index is 0.00000171. The highest BCUT2D eigenvalue weighted by atomic mass is 35.5. The number of methoxy groups -OCH3 is 1. The largest absolute Gasteiger partial charge is 0.497 e. The molecule has 1 unspecified atom stereocenters. The van der Waals surface area contributed by atoms with Crippen molar-refractivity contribution in [2.24, 2.45) is 5.92 Å². The fourth-order valence-electron chi connectivity index (χ4n) is 6.77. The van der Waals surface area contributed by atoms with Gasteiger partial charge in [0, 0.05) is 12.1 Å². The summed E-state index contributed by atoms with van der Waals surface area (Å²) >= 11 is 0. The number of aryl methyl sites for hydroxylation is 1. The lowest BCUT2D eigenvalue weighted by Gasteiger charge is -2.50. The van der Waals surface area contributed by atoms with E-state index in [0.717, 1.165) is 18.2 Å². The number of hydrogen-bond acceptors (Lipinski definition) is 3. The van der Waals surface area contributed by atoms with Crippen molar-refractivity contribution in [1.82, 2.24) is 9.80 Å². The van der Waals surface area contributed by atoms with Gasteiger partial charge < -0.3 is 4.74 Å². The molecule has 2 saturated heterocycles. The molecule has 35 heavy (non-hydrogen) atoms. The van der Waals surface area contributed by atoms with Crippen LogP contribution in [0.1, 0.15) is 68.1 Å². The first-order valence-corrected chi connectivity index (χ1v) is 13.4. The van der Waals surface area contributed by atoms with E-state index in [-0.39, 0.29) is 24.8 Å². The first-order chi connectivity index (χ1) is 16.2. The van der Waals surface area contributed by atoms with Gasteiger partial charge in [0.05, 0.1) is 7.11 Å². The molecule has 0 saturated carbocycles. The molecule has 5 heteroatoms. The molecule has 0 N–H and O–H groups in total. The first kappa shape index (κ1) is 28.3. The SMILES string of the molecule is COc1ccc2c(c1)CCC1(CCCCN1CCCC1CCN(Cc3ccccc3)CC1)C2.Cl.Cl. The standard InChI is InChI=1S/C30H42N2O.2ClH/c1-33-29-12-11-28-23-30(17-13-27(28)22-29)16-5-6-18-32(30)19-7-10-25-14-20-31(21-15-25)24-26-8-3-2-4-9-26;;/h2-4,8-9,11-12,22,25H,5-7,10,13-21,23-24H2,1H3;2*1H. The molecule has 2 aromatic rings. The second kappa shape index (κ2) is 13.3. The van der Waals surface area contributed by atoms with E-state index in [0.29, 0.717) is 5.54 Å². The average molecular weight is 520 g/mol. The van der Waals surface area contributed by atoms with Crippen LogP contribution in [0.5, 0.6) is 5.75 Å². The smallest absolute Gasteiger partial charge is 0.119 e. The minimum Gasteiger partial charge on any atom is -0.497 e. The number of hydrogen-bond donors (Lipinski definition) is 0. The Kier molecular flexibility index (Phi) is 10.8. The number of ether oxygens (including phenoxy) is 1. The molecule has 2 heterocycles. The Morgan fingerprint density at radius 3 is 2.49 bits per heavy atom. The highest BCUT2D eigenvalue weighted by Crippen LogP contribution is 2.41. The second-order valence-electron chi connectivity index (χ2n) is 10.8.